The van der Waals surface area contributed by atoms with Gasteiger partial charge in [-0.1, -0.05) is 0 Å². The fraction of sp³-hybridized carbons (Fsp3) is 1.00. The van der Waals surface area contributed by atoms with E-state index in [2.05, 4.69) is 20.9 Å². The summed E-state index contributed by atoms with van der Waals surface area (Å²) in [5.41, 5.74) is 0. The lowest BCUT2D eigenvalue weighted by atomic mass is 9.87. The summed E-state index contributed by atoms with van der Waals surface area (Å²) in [4.78, 5) is 0. The SMILES string of the molecule is O=S([O-])O[C@@]1(OS(=O)(=O)[O-])CCC(OS(=O)(=O)[O-])[C@@H](OS(=O)(=O)[O-])C1OS(=O)(=O)[O-]. The van der Waals surface area contributed by atoms with Crippen molar-refractivity contribution in [3.05, 3.63) is 0 Å². The van der Waals surface area contributed by atoms with Crippen molar-refractivity contribution in [2.75, 3.05) is 0 Å². The summed E-state index contributed by atoms with van der Waals surface area (Å²) in [5, 5.41) is 0. The van der Waals surface area contributed by atoms with E-state index in [1.165, 1.54) is 0 Å². The third-order valence-electron chi connectivity index (χ3n) is 3.02. The lowest BCUT2D eigenvalue weighted by Gasteiger charge is -2.47. The lowest BCUT2D eigenvalue weighted by Crippen LogP contribution is -2.63. The first-order chi connectivity index (χ1) is 13.1. The van der Waals surface area contributed by atoms with E-state index in [0.717, 1.165) is 0 Å². The van der Waals surface area contributed by atoms with Crippen molar-refractivity contribution < 1.29 is 81.6 Å². The van der Waals surface area contributed by atoms with Gasteiger partial charge in [0.15, 0.2) is 6.10 Å². The molecule has 0 spiro atoms. The monoisotopic (exact) mass is 543 g/mol. The van der Waals surface area contributed by atoms with Crippen LogP contribution in [0.15, 0.2) is 0 Å². The molecule has 0 amide bonds. The van der Waals surface area contributed by atoms with Gasteiger partial charge < -0.3 is 22.8 Å². The molecule has 1 aliphatic rings. The Balaban J connectivity index is 3.74. The zero-order valence-electron chi connectivity index (χ0n) is 13.4. The molecule has 0 N–H and O–H groups in total. The van der Waals surface area contributed by atoms with Gasteiger partial charge in [-0.2, -0.15) is 0 Å². The average Bonchev–Trinajstić information content (AvgIpc) is 2.40. The quantitative estimate of drug-likeness (QED) is 0.108. The minimum Gasteiger partial charge on any atom is -0.750 e. The van der Waals surface area contributed by atoms with E-state index in [1.54, 1.807) is 0 Å². The highest BCUT2D eigenvalue weighted by Gasteiger charge is 2.58. The summed E-state index contributed by atoms with van der Waals surface area (Å²) >= 11 is -3.91. The fourth-order valence-electron chi connectivity index (χ4n) is 2.33. The van der Waals surface area contributed by atoms with Crippen molar-refractivity contribution in [2.24, 2.45) is 0 Å². The van der Waals surface area contributed by atoms with Gasteiger partial charge in [-0.25, -0.2) is 42.1 Å². The van der Waals surface area contributed by atoms with Crippen molar-refractivity contribution in [2.45, 2.75) is 36.9 Å². The van der Waals surface area contributed by atoms with Gasteiger partial charge in [0.25, 0.3) is 0 Å². The summed E-state index contributed by atoms with van der Waals surface area (Å²) in [5.74, 6) is -3.72. The molecule has 1 rings (SSSR count). The minimum absolute atomic E-state index is 1.19. The molecule has 1 fully saturated rings. The van der Waals surface area contributed by atoms with E-state index >= 15 is 0 Å². The first-order valence-corrected chi connectivity index (χ1v) is 12.8. The number of rotatable bonds is 10. The van der Waals surface area contributed by atoms with Gasteiger partial charge in [-0.05, 0) is 6.42 Å². The van der Waals surface area contributed by atoms with Crippen LogP contribution in [0.4, 0.5) is 0 Å². The summed E-state index contributed by atoms with van der Waals surface area (Å²) in [6, 6.07) is 0. The molecule has 1 saturated carbocycles. The lowest BCUT2D eigenvalue weighted by molar-refractivity contribution is -0.235. The van der Waals surface area contributed by atoms with Crippen LogP contribution in [0.2, 0.25) is 0 Å². The zero-order valence-corrected chi connectivity index (χ0v) is 17.5. The molecule has 0 aliphatic heterocycles. The smallest absolute Gasteiger partial charge is 0.229 e. The Labute approximate surface area is 171 Å². The standard InChI is InChI=1S/C6H12O19S5/c7-26(8)24-6(25-30(18,19)20)2-1-3(21-27(9,10)11)4(22-28(12,13)14)5(6)23-29(15,16)17/h3-5H,1-2H2,(H,7,8)(H,9,10,11)(H,12,13,14)(H,15,16,17)(H,18,19,20)/p-5/t3?,4-,5?,6-/m1/s1. The molecular formula is C6H7O19S5-5. The molecule has 19 nitrogen and oxygen atoms in total. The van der Waals surface area contributed by atoms with Crippen LogP contribution in [-0.4, -0.2) is 84.7 Å². The van der Waals surface area contributed by atoms with E-state index in [0.29, 0.717) is 0 Å². The first-order valence-electron chi connectivity index (χ1n) is 6.50. The molecule has 24 heteroatoms. The molecule has 30 heavy (non-hydrogen) atoms. The Morgan fingerprint density at radius 3 is 1.60 bits per heavy atom. The van der Waals surface area contributed by atoms with Crippen molar-refractivity contribution in [3.8, 4) is 0 Å². The maximum atomic E-state index is 11.0. The molecule has 0 heterocycles. The average molecular weight is 543 g/mol. The molecular weight excluding hydrogens is 536 g/mol. The second-order valence-corrected chi connectivity index (χ2v) is 9.65. The molecule has 180 valence electrons. The Hall–Kier alpha value is -0.450. The van der Waals surface area contributed by atoms with Crippen molar-refractivity contribution in [1.29, 1.82) is 0 Å². The summed E-state index contributed by atoms with van der Waals surface area (Å²) < 4.78 is 172. The van der Waals surface area contributed by atoms with Crippen molar-refractivity contribution >= 4 is 53.0 Å². The van der Waals surface area contributed by atoms with E-state index < -0.39 is 89.9 Å². The second-order valence-electron chi connectivity index (χ2n) is 5.07. The Morgan fingerprint density at radius 1 is 0.767 bits per heavy atom. The number of hydrogen-bond acceptors (Lipinski definition) is 19. The molecule has 0 saturated heterocycles. The molecule has 0 bridgehead atoms. The predicted octanol–water partition coefficient (Wildman–Crippen LogP) is -4.70. The Bertz CT molecular complexity index is 1070. The van der Waals surface area contributed by atoms with Gasteiger partial charge in [0.1, 0.15) is 12.2 Å². The number of hydrogen-bond donors (Lipinski definition) is 0. The van der Waals surface area contributed by atoms with Crippen LogP contribution in [0, 0.1) is 0 Å². The van der Waals surface area contributed by atoms with E-state index in [9.17, 15) is 60.6 Å². The third kappa shape index (κ3) is 9.36. The summed E-state index contributed by atoms with van der Waals surface area (Å²) in [6.45, 7) is 0. The highest BCUT2D eigenvalue weighted by molar-refractivity contribution is 7.81. The Kier molecular flexibility index (Phi) is 8.45. The first kappa shape index (κ1) is 27.6. The van der Waals surface area contributed by atoms with Crippen molar-refractivity contribution in [1.82, 2.24) is 0 Å². The topological polar surface area (TPSA) is 315 Å². The van der Waals surface area contributed by atoms with Crippen LogP contribution in [0.5, 0.6) is 0 Å². The normalized spacial score (nSPS) is 30.1. The predicted molar refractivity (Wildman–Crippen MR) is 76.5 cm³/mol. The van der Waals surface area contributed by atoms with Gasteiger partial charge in [-0.3, -0.25) is 16.7 Å². The van der Waals surface area contributed by atoms with E-state index in [4.69, 9.17) is 0 Å². The molecule has 3 unspecified atom stereocenters. The van der Waals surface area contributed by atoms with Gasteiger partial charge in [0.2, 0.25) is 47.4 Å². The van der Waals surface area contributed by atoms with Crippen LogP contribution < -0.4 is 0 Å². The van der Waals surface area contributed by atoms with Crippen LogP contribution in [0.25, 0.3) is 0 Å². The van der Waals surface area contributed by atoms with Gasteiger partial charge in [0, 0.05) is 6.42 Å². The maximum Gasteiger partial charge on any atom is 0.229 e. The third-order valence-corrected chi connectivity index (χ3v) is 5.31. The van der Waals surface area contributed by atoms with Crippen LogP contribution in [0.1, 0.15) is 12.8 Å². The van der Waals surface area contributed by atoms with Crippen LogP contribution in [-0.2, 0) is 73.9 Å². The van der Waals surface area contributed by atoms with E-state index in [1.807, 2.05) is 0 Å². The summed E-state index contributed by atoms with van der Waals surface area (Å²) in [7, 11) is -24.0. The second kappa shape index (κ2) is 9.19. The maximum absolute atomic E-state index is 11.0. The van der Waals surface area contributed by atoms with Crippen LogP contribution in [0.3, 0.4) is 0 Å². The van der Waals surface area contributed by atoms with Crippen LogP contribution >= 0.6 is 0 Å². The van der Waals surface area contributed by atoms with Crippen molar-refractivity contribution in [3.63, 3.8) is 0 Å². The van der Waals surface area contributed by atoms with Gasteiger partial charge in [0.05, 0.1) is 11.4 Å². The van der Waals surface area contributed by atoms with Gasteiger partial charge in [-0.15, -0.1) is 0 Å². The fourth-order valence-corrected chi connectivity index (χ4v) is 4.89. The minimum atomic E-state index is -6.11. The molecule has 1 aliphatic carbocycles. The summed E-state index contributed by atoms with van der Waals surface area (Å²) in [6.07, 6.45) is -11.5. The highest BCUT2D eigenvalue weighted by Crippen LogP contribution is 2.41. The molecule has 0 aromatic carbocycles. The molecule has 0 aromatic rings. The zero-order chi connectivity index (χ0) is 23.8. The Morgan fingerprint density at radius 2 is 1.23 bits per heavy atom. The molecule has 0 radical (unpaired) electrons. The van der Waals surface area contributed by atoms with Gasteiger partial charge >= 0.3 is 0 Å². The molecule has 5 atom stereocenters. The highest BCUT2D eigenvalue weighted by atomic mass is 32.3. The molecule has 0 aromatic heterocycles. The largest absolute Gasteiger partial charge is 0.750 e. The van der Waals surface area contributed by atoms with E-state index in [-0.39, 0.29) is 0 Å².